The van der Waals surface area contributed by atoms with Gasteiger partial charge in [-0.05, 0) is 43.7 Å². The smallest absolute Gasteiger partial charge is 0.329 e. The molecule has 0 bridgehead atoms. The molecule has 1 aliphatic rings. The summed E-state index contributed by atoms with van der Waals surface area (Å²) in [6.07, 6.45) is -0.634. The fourth-order valence-electron chi connectivity index (χ4n) is 2.74. The maximum absolute atomic E-state index is 13.0. The van der Waals surface area contributed by atoms with E-state index < -0.39 is 29.9 Å². The Morgan fingerprint density at radius 3 is 2.00 bits per heavy atom. The quantitative estimate of drug-likeness (QED) is 0.633. The predicted molar refractivity (Wildman–Crippen MR) is 87.3 cm³/mol. The van der Waals surface area contributed by atoms with Crippen LogP contribution in [0.3, 0.4) is 0 Å². The number of carbonyl (C=O) groups excluding carboxylic acids is 3. The van der Waals surface area contributed by atoms with Gasteiger partial charge < -0.3 is 4.74 Å². The van der Waals surface area contributed by atoms with Gasteiger partial charge in [-0.3, -0.25) is 14.5 Å². The molecule has 0 N–H and O–H groups in total. The third kappa shape index (κ3) is 3.03. The van der Waals surface area contributed by atoms with Gasteiger partial charge in [-0.2, -0.15) is 0 Å². The first kappa shape index (κ1) is 16.8. The van der Waals surface area contributed by atoms with Crippen molar-refractivity contribution in [3.05, 3.63) is 71.0 Å². The molecule has 0 aliphatic carbocycles. The van der Waals surface area contributed by atoms with E-state index in [2.05, 4.69) is 0 Å². The summed E-state index contributed by atoms with van der Waals surface area (Å²) >= 11 is 0. The van der Waals surface area contributed by atoms with Gasteiger partial charge >= 0.3 is 5.97 Å². The average molecular weight is 341 g/mol. The number of esters is 1. The number of nitrogens with zero attached hydrogens (tertiary/aromatic N) is 1. The van der Waals surface area contributed by atoms with Crippen molar-refractivity contribution in [2.75, 3.05) is 0 Å². The van der Waals surface area contributed by atoms with E-state index in [9.17, 15) is 18.8 Å². The van der Waals surface area contributed by atoms with Crippen LogP contribution in [-0.4, -0.2) is 28.7 Å². The van der Waals surface area contributed by atoms with Crippen molar-refractivity contribution in [1.29, 1.82) is 0 Å². The van der Waals surface area contributed by atoms with Gasteiger partial charge in [0.25, 0.3) is 11.8 Å². The molecule has 0 saturated carbocycles. The van der Waals surface area contributed by atoms with Crippen molar-refractivity contribution in [3.63, 3.8) is 0 Å². The summed E-state index contributed by atoms with van der Waals surface area (Å²) in [6, 6.07) is 10.9. The van der Waals surface area contributed by atoms with Gasteiger partial charge in [-0.25, -0.2) is 9.18 Å². The molecule has 5 nitrogen and oxygen atoms in total. The van der Waals surface area contributed by atoms with Crippen LogP contribution in [-0.2, 0) is 9.53 Å². The third-order valence-electron chi connectivity index (χ3n) is 4.19. The summed E-state index contributed by atoms with van der Waals surface area (Å²) in [5.74, 6) is -2.12. The topological polar surface area (TPSA) is 63.7 Å². The van der Waals surface area contributed by atoms with Crippen LogP contribution in [0.5, 0.6) is 0 Å². The number of benzene rings is 2. The van der Waals surface area contributed by atoms with Gasteiger partial charge in [-0.1, -0.05) is 24.3 Å². The highest BCUT2D eigenvalue weighted by molar-refractivity contribution is 6.22. The molecule has 0 spiro atoms. The normalized spacial score (nSPS) is 15.7. The first-order valence-electron chi connectivity index (χ1n) is 7.83. The molecule has 0 radical (unpaired) electrons. The van der Waals surface area contributed by atoms with E-state index in [0.717, 1.165) is 4.90 Å². The molecule has 3 rings (SSSR count). The van der Waals surface area contributed by atoms with E-state index in [4.69, 9.17) is 4.74 Å². The van der Waals surface area contributed by atoms with E-state index in [0.29, 0.717) is 5.56 Å². The Kier molecular flexibility index (Phi) is 4.35. The Balaban J connectivity index is 1.74. The maximum Gasteiger partial charge on any atom is 0.329 e. The van der Waals surface area contributed by atoms with Crippen LogP contribution < -0.4 is 0 Å². The van der Waals surface area contributed by atoms with Crippen LogP contribution in [0.15, 0.2) is 48.5 Å². The number of rotatable bonds is 4. The van der Waals surface area contributed by atoms with Gasteiger partial charge in [-0.15, -0.1) is 0 Å². The largest absolute Gasteiger partial charge is 0.456 e. The summed E-state index contributed by atoms with van der Waals surface area (Å²) in [5, 5.41) is 0. The van der Waals surface area contributed by atoms with Crippen molar-refractivity contribution in [2.24, 2.45) is 0 Å². The highest BCUT2D eigenvalue weighted by Crippen LogP contribution is 2.26. The van der Waals surface area contributed by atoms with Gasteiger partial charge in [0.15, 0.2) is 0 Å². The molecule has 0 fully saturated rings. The van der Waals surface area contributed by atoms with Crippen molar-refractivity contribution >= 4 is 17.8 Å². The summed E-state index contributed by atoms with van der Waals surface area (Å²) in [7, 11) is 0. The predicted octanol–water partition coefficient (Wildman–Crippen LogP) is 3.11. The van der Waals surface area contributed by atoms with Gasteiger partial charge in [0, 0.05) is 0 Å². The number of ether oxygens (including phenoxy) is 1. The molecule has 2 amide bonds. The minimum atomic E-state index is -1.06. The molecule has 2 atom stereocenters. The molecule has 6 heteroatoms. The lowest BCUT2D eigenvalue weighted by Gasteiger charge is -2.23. The van der Waals surface area contributed by atoms with Crippen molar-refractivity contribution in [3.8, 4) is 0 Å². The summed E-state index contributed by atoms with van der Waals surface area (Å²) in [4.78, 5) is 38.1. The minimum Gasteiger partial charge on any atom is -0.456 e. The van der Waals surface area contributed by atoms with Crippen LogP contribution in [0.1, 0.15) is 46.2 Å². The number of imide groups is 1. The maximum atomic E-state index is 13.0. The fraction of sp³-hybridized carbons (Fsp3) is 0.211. The fourth-order valence-corrected chi connectivity index (χ4v) is 2.74. The third-order valence-corrected chi connectivity index (χ3v) is 4.19. The lowest BCUT2D eigenvalue weighted by Crippen LogP contribution is -2.43. The van der Waals surface area contributed by atoms with Gasteiger partial charge in [0.05, 0.1) is 11.1 Å². The summed E-state index contributed by atoms with van der Waals surface area (Å²) in [5.41, 5.74) is 1.17. The van der Waals surface area contributed by atoms with Crippen LogP contribution in [0.25, 0.3) is 0 Å². The molecular formula is C19H16FNO4. The number of carbonyl (C=O) groups is 3. The van der Waals surface area contributed by atoms with E-state index in [-0.39, 0.29) is 16.9 Å². The van der Waals surface area contributed by atoms with E-state index in [1.165, 1.54) is 31.2 Å². The number of hydrogen-bond donors (Lipinski definition) is 0. The van der Waals surface area contributed by atoms with Crippen LogP contribution >= 0.6 is 0 Å². The molecular weight excluding hydrogens is 325 g/mol. The zero-order valence-corrected chi connectivity index (χ0v) is 13.7. The second-order valence-electron chi connectivity index (χ2n) is 5.83. The number of hydrogen-bond acceptors (Lipinski definition) is 4. The molecule has 0 saturated heterocycles. The SMILES string of the molecule is CC(OC(=O)C(C)N1C(=O)c2ccccc2C1=O)c1ccc(F)cc1. The standard InChI is InChI=1S/C19H16FNO4/c1-11(19(24)25-12(2)13-7-9-14(20)10-8-13)21-17(22)15-5-3-4-6-16(15)18(21)23/h3-12H,1-2H3. The van der Waals surface area contributed by atoms with Gasteiger partial charge in [0.1, 0.15) is 18.0 Å². The molecule has 1 heterocycles. The number of fused-ring (bicyclic) bond motifs is 1. The van der Waals surface area contributed by atoms with E-state index >= 15 is 0 Å². The second kappa shape index (κ2) is 6.47. The number of amides is 2. The highest BCUT2D eigenvalue weighted by atomic mass is 19.1. The first-order chi connectivity index (χ1) is 11.9. The molecule has 25 heavy (non-hydrogen) atoms. The Hall–Kier alpha value is -3.02. The minimum absolute atomic E-state index is 0.277. The van der Waals surface area contributed by atoms with E-state index in [1.54, 1.807) is 31.2 Å². The summed E-state index contributed by atoms with van der Waals surface area (Å²) in [6.45, 7) is 3.08. The number of halogens is 1. The Bertz CT molecular complexity index is 812. The van der Waals surface area contributed by atoms with Gasteiger partial charge in [0.2, 0.25) is 0 Å². The van der Waals surface area contributed by atoms with Crippen LogP contribution in [0, 0.1) is 5.82 Å². The average Bonchev–Trinajstić information content (AvgIpc) is 2.86. The molecule has 2 aromatic carbocycles. The lowest BCUT2D eigenvalue weighted by atomic mass is 10.1. The zero-order valence-electron chi connectivity index (χ0n) is 13.7. The molecule has 2 aromatic rings. The lowest BCUT2D eigenvalue weighted by molar-refractivity contribution is -0.152. The Morgan fingerprint density at radius 2 is 1.48 bits per heavy atom. The van der Waals surface area contributed by atoms with Crippen molar-refractivity contribution in [2.45, 2.75) is 26.0 Å². The van der Waals surface area contributed by atoms with Crippen molar-refractivity contribution in [1.82, 2.24) is 4.90 Å². The Labute approximate surface area is 144 Å². The molecule has 1 aliphatic heterocycles. The van der Waals surface area contributed by atoms with E-state index in [1.807, 2.05) is 0 Å². The first-order valence-corrected chi connectivity index (χ1v) is 7.83. The summed E-state index contributed by atoms with van der Waals surface area (Å²) < 4.78 is 18.3. The second-order valence-corrected chi connectivity index (χ2v) is 5.83. The zero-order chi connectivity index (χ0) is 18.1. The monoisotopic (exact) mass is 341 g/mol. The van der Waals surface area contributed by atoms with Crippen molar-refractivity contribution < 1.29 is 23.5 Å². The Morgan fingerprint density at radius 1 is 0.960 bits per heavy atom. The highest BCUT2D eigenvalue weighted by Gasteiger charge is 2.41. The van der Waals surface area contributed by atoms with Crippen LogP contribution in [0.4, 0.5) is 4.39 Å². The molecule has 0 aromatic heterocycles. The van der Waals surface area contributed by atoms with Crippen LogP contribution in [0.2, 0.25) is 0 Å². The molecule has 128 valence electrons. The molecule has 2 unspecified atom stereocenters.